The lowest BCUT2D eigenvalue weighted by Crippen LogP contribution is -2.59. The van der Waals surface area contributed by atoms with Crippen molar-refractivity contribution in [2.45, 2.75) is 108 Å². The number of nitrogens with one attached hydrogen (secondary N) is 3. The zero-order valence-corrected chi connectivity index (χ0v) is 23.6. The van der Waals surface area contributed by atoms with Crippen molar-refractivity contribution in [1.82, 2.24) is 20.9 Å². The number of amides is 4. The van der Waals surface area contributed by atoms with E-state index in [1.54, 1.807) is 20.8 Å². The fraction of sp³-hybridized carbons (Fsp3) is 0.800. The summed E-state index contributed by atoms with van der Waals surface area (Å²) in [6, 6.07) is 0.929. The highest BCUT2D eigenvalue weighted by Crippen LogP contribution is 2.42. The quantitative estimate of drug-likeness (QED) is 0.432. The fourth-order valence-corrected chi connectivity index (χ4v) is 11.5. The Hall–Kier alpha value is -2.62. The second kappa shape index (κ2) is 10.5. The van der Waals surface area contributed by atoms with Gasteiger partial charge >= 0.3 is 12.1 Å². The second-order valence-electron chi connectivity index (χ2n) is 12.9. The Morgan fingerprint density at radius 2 is 1.79 bits per heavy atom. The maximum atomic E-state index is 13.7. The summed E-state index contributed by atoms with van der Waals surface area (Å²) in [5.41, 5.74) is -1.46. The molecule has 3 N–H and O–H groups in total. The van der Waals surface area contributed by atoms with E-state index in [1.807, 2.05) is 25.2 Å². The van der Waals surface area contributed by atoms with Crippen LogP contribution in [0.4, 0.5) is 13.2 Å². The van der Waals surface area contributed by atoms with Crippen LogP contribution in [-0.2, 0) is 19.2 Å². The summed E-state index contributed by atoms with van der Waals surface area (Å²) in [6.07, 6.45) is -2.25. The van der Waals surface area contributed by atoms with Crippen LogP contribution in [0, 0.1) is 22.7 Å². The highest BCUT2D eigenvalue weighted by molar-refractivity contribution is 6.82. The van der Waals surface area contributed by atoms with E-state index in [-0.39, 0.29) is 12.3 Å². The van der Waals surface area contributed by atoms with Gasteiger partial charge in [0.15, 0.2) is 0 Å². The molecule has 3 heterocycles. The van der Waals surface area contributed by atoms with Crippen LogP contribution in [0.15, 0.2) is 0 Å². The highest BCUT2D eigenvalue weighted by atomic mass is 28.3. The number of rotatable bonds is 6. The lowest BCUT2D eigenvalue weighted by molar-refractivity contribution is -0.176. The van der Waals surface area contributed by atoms with Crippen molar-refractivity contribution in [3.63, 3.8) is 0 Å². The standard InChI is InChI=1S/C25H38F3N5O4Si/c1-23(2,3)18(31-22(37)25(26,27)28)21(36)33-14-38(8-6-7-9-38)13-17(33)20(35)30-16(12-29)10-15-11-24(4,5)32-19(15)34/h15-18H,6-11,13-14H2,1-5H3,(H,30,35)(H,31,37)(H,32,34)/t15-,16+,17+,18-/m1/s1. The minimum atomic E-state index is -5.16. The van der Waals surface area contributed by atoms with Gasteiger partial charge in [0.25, 0.3) is 0 Å². The molecule has 0 aromatic carbocycles. The molecule has 4 atom stereocenters. The number of carbonyl (C=O) groups excluding carboxylic acids is 4. The van der Waals surface area contributed by atoms with Crippen LogP contribution in [0.25, 0.3) is 0 Å². The first-order valence-electron chi connectivity index (χ1n) is 13.1. The van der Waals surface area contributed by atoms with Gasteiger partial charge in [-0.25, -0.2) is 0 Å². The molecule has 0 aromatic rings. The summed E-state index contributed by atoms with van der Waals surface area (Å²) in [6.45, 7) is 8.42. The number of alkyl halides is 3. The summed E-state index contributed by atoms with van der Waals surface area (Å²) >= 11 is 0. The van der Waals surface area contributed by atoms with Crippen molar-refractivity contribution in [2.75, 3.05) is 6.17 Å². The molecule has 3 rings (SSSR count). The Balaban J connectivity index is 1.82. The minimum Gasteiger partial charge on any atom is -0.351 e. The molecule has 0 saturated carbocycles. The van der Waals surface area contributed by atoms with Gasteiger partial charge in [0.1, 0.15) is 18.1 Å². The molecule has 3 fully saturated rings. The first-order chi connectivity index (χ1) is 17.4. The van der Waals surface area contributed by atoms with Gasteiger partial charge in [-0.15, -0.1) is 0 Å². The Kier molecular flexibility index (Phi) is 8.27. The third kappa shape index (κ3) is 6.68. The Labute approximate surface area is 222 Å². The smallest absolute Gasteiger partial charge is 0.351 e. The monoisotopic (exact) mass is 557 g/mol. The van der Waals surface area contributed by atoms with E-state index in [4.69, 9.17) is 0 Å². The highest BCUT2D eigenvalue weighted by Gasteiger charge is 2.54. The van der Waals surface area contributed by atoms with Crippen molar-refractivity contribution in [3.05, 3.63) is 0 Å². The molecular formula is C25H38F3N5O4Si. The molecule has 0 aromatic heterocycles. The van der Waals surface area contributed by atoms with Gasteiger partial charge < -0.3 is 20.9 Å². The third-order valence-electron chi connectivity index (χ3n) is 7.99. The van der Waals surface area contributed by atoms with Crippen molar-refractivity contribution >= 4 is 31.7 Å². The molecule has 3 saturated heterocycles. The zero-order chi connectivity index (χ0) is 28.7. The average Bonchev–Trinajstić information content (AvgIpc) is 3.47. The first kappa shape index (κ1) is 29.9. The third-order valence-corrected chi connectivity index (χ3v) is 13.1. The van der Waals surface area contributed by atoms with Gasteiger partial charge in [0.05, 0.1) is 14.1 Å². The van der Waals surface area contributed by atoms with E-state index in [0.29, 0.717) is 18.6 Å². The van der Waals surface area contributed by atoms with Crippen LogP contribution in [0.5, 0.6) is 0 Å². The molecule has 3 aliphatic heterocycles. The largest absolute Gasteiger partial charge is 0.471 e. The number of hydrogen-bond acceptors (Lipinski definition) is 5. The van der Waals surface area contributed by atoms with Crippen LogP contribution in [0.3, 0.4) is 0 Å². The molecule has 1 spiro atoms. The summed E-state index contributed by atoms with van der Waals surface area (Å²) < 4.78 is 39.2. The molecule has 38 heavy (non-hydrogen) atoms. The van der Waals surface area contributed by atoms with Crippen LogP contribution >= 0.6 is 0 Å². The van der Waals surface area contributed by atoms with Crippen molar-refractivity contribution in [2.24, 2.45) is 11.3 Å². The number of hydrogen-bond donors (Lipinski definition) is 3. The lowest BCUT2D eigenvalue weighted by Gasteiger charge is -2.36. The molecule has 4 amide bonds. The van der Waals surface area contributed by atoms with Crippen molar-refractivity contribution in [1.29, 1.82) is 5.26 Å². The van der Waals surface area contributed by atoms with E-state index in [9.17, 15) is 37.6 Å². The van der Waals surface area contributed by atoms with Gasteiger partial charge in [-0.3, -0.25) is 19.2 Å². The molecular weight excluding hydrogens is 519 g/mol. The summed E-state index contributed by atoms with van der Waals surface area (Å²) in [4.78, 5) is 52.7. The molecule has 9 nitrogen and oxygen atoms in total. The fourth-order valence-electron chi connectivity index (χ4n) is 6.12. The van der Waals surface area contributed by atoms with E-state index < -0.39 is 67.0 Å². The summed E-state index contributed by atoms with van der Waals surface area (Å²) in [7, 11) is -2.07. The second-order valence-corrected chi connectivity index (χ2v) is 17.6. The summed E-state index contributed by atoms with van der Waals surface area (Å²) in [5, 5.41) is 17.1. The molecule has 0 unspecified atom stereocenters. The van der Waals surface area contributed by atoms with Crippen LogP contribution in [0.1, 0.15) is 60.3 Å². The van der Waals surface area contributed by atoms with Gasteiger partial charge in [0.2, 0.25) is 17.7 Å². The Morgan fingerprint density at radius 1 is 1.18 bits per heavy atom. The Morgan fingerprint density at radius 3 is 2.26 bits per heavy atom. The van der Waals surface area contributed by atoms with Gasteiger partial charge in [-0.1, -0.05) is 45.7 Å². The van der Waals surface area contributed by atoms with Gasteiger partial charge in [-0.2, -0.15) is 18.4 Å². The van der Waals surface area contributed by atoms with E-state index in [2.05, 4.69) is 10.6 Å². The molecule has 0 aliphatic carbocycles. The van der Waals surface area contributed by atoms with Crippen molar-refractivity contribution < 1.29 is 32.3 Å². The summed E-state index contributed by atoms with van der Waals surface area (Å²) in [5.74, 6) is -4.12. The maximum Gasteiger partial charge on any atom is 0.471 e. The van der Waals surface area contributed by atoms with Crippen LogP contribution < -0.4 is 16.0 Å². The predicted molar refractivity (Wildman–Crippen MR) is 135 cm³/mol. The zero-order valence-electron chi connectivity index (χ0n) is 22.6. The number of nitriles is 1. The molecule has 0 radical (unpaired) electrons. The first-order valence-corrected chi connectivity index (χ1v) is 15.9. The maximum absolute atomic E-state index is 13.7. The van der Waals surface area contributed by atoms with Crippen LogP contribution in [-0.4, -0.2) is 72.6 Å². The predicted octanol–water partition coefficient (Wildman–Crippen LogP) is 2.39. The normalized spacial score (nSPS) is 26.0. The number of nitrogens with zero attached hydrogens (tertiary/aromatic N) is 2. The topological polar surface area (TPSA) is 131 Å². The van der Waals surface area contributed by atoms with Crippen molar-refractivity contribution in [3.8, 4) is 6.07 Å². The molecule has 3 aliphatic rings. The number of halogens is 3. The molecule has 13 heteroatoms. The van der Waals surface area contributed by atoms with Gasteiger partial charge in [0, 0.05) is 17.6 Å². The van der Waals surface area contributed by atoms with Gasteiger partial charge in [-0.05, 0) is 38.1 Å². The Bertz CT molecular complexity index is 1010. The average molecular weight is 558 g/mol. The van der Waals surface area contributed by atoms with Crippen LogP contribution in [0.2, 0.25) is 18.1 Å². The number of carbonyl (C=O) groups is 4. The lowest BCUT2D eigenvalue weighted by atomic mass is 9.85. The van der Waals surface area contributed by atoms with E-state index in [0.717, 1.165) is 24.9 Å². The molecule has 0 bridgehead atoms. The minimum absolute atomic E-state index is 0.118. The van der Waals surface area contributed by atoms with E-state index >= 15 is 0 Å². The SMILES string of the molecule is CC1(C)C[C@@H](C[C@@H](C#N)NC(=O)[C@@H]2C[Si]3(CCCC3)CN2C(=O)[C@@H](NC(=O)C(F)(F)F)C(C)(C)C)C(=O)N1. The molecule has 212 valence electrons. The van der Waals surface area contributed by atoms with E-state index in [1.165, 1.54) is 4.90 Å².